The van der Waals surface area contributed by atoms with Gasteiger partial charge >= 0.3 is 6.18 Å². The summed E-state index contributed by atoms with van der Waals surface area (Å²) in [5, 5.41) is 19.6. The summed E-state index contributed by atoms with van der Waals surface area (Å²) in [7, 11) is 0. The molecule has 0 aliphatic carbocycles. The van der Waals surface area contributed by atoms with E-state index in [2.05, 4.69) is 0 Å². The zero-order chi connectivity index (χ0) is 13.4. The average Bonchev–Trinajstić information content (AvgIpc) is 2.14. The lowest BCUT2D eigenvalue weighted by molar-refractivity contribution is -0.385. The quantitative estimate of drug-likeness (QED) is 0.496. The largest absolute Gasteiger partial charge is 0.507 e. The molecule has 1 aromatic rings. The van der Waals surface area contributed by atoms with Crippen molar-refractivity contribution in [2.24, 2.45) is 0 Å². The van der Waals surface area contributed by atoms with Crippen LogP contribution in [-0.4, -0.2) is 15.8 Å². The third-order valence-electron chi connectivity index (χ3n) is 2.00. The second kappa shape index (κ2) is 4.04. The number of Topliss-reactive ketones (excluding diaryl/α,β-unsaturated/α-hetero) is 1. The Morgan fingerprint density at radius 1 is 1.41 bits per heavy atom. The number of nitrogens with zero attached hydrogens (tertiary/aromatic N) is 1. The summed E-state index contributed by atoms with van der Waals surface area (Å²) in [5.41, 5.74) is -3.10. The number of benzene rings is 1. The van der Waals surface area contributed by atoms with Gasteiger partial charge in [-0.3, -0.25) is 14.9 Å². The Kier molecular flexibility index (Phi) is 3.08. The van der Waals surface area contributed by atoms with Crippen molar-refractivity contribution in [2.45, 2.75) is 13.1 Å². The molecule has 0 aliphatic rings. The highest BCUT2D eigenvalue weighted by atomic mass is 19.4. The molecule has 17 heavy (non-hydrogen) atoms. The van der Waals surface area contributed by atoms with Crippen LogP contribution in [-0.2, 0) is 6.18 Å². The lowest BCUT2D eigenvalue weighted by atomic mass is 10.0. The van der Waals surface area contributed by atoms with Crippen molar-refractivity contribution in [1.29, 1.82) is 0 Å². The van der Waals surface area contributed by atoms with Gasteiger partial charge in [0.2, 0.25) is 0 Å². The van der Waals surface area contributed by atoms with Gasteiger partial charge in [0.15, 0.2) is 5.78 Å². The topological polar surface area (TPSA) is 80.4 Å². The number of rotatable bonds is 2. The fraction of sp³-hybridized carbons (Fsp3) is 0.222. The minimum Gasteiger partial charge on any atom is -0.507 e. The summed E-state index contributed by atoms with van der Waals surface area (Å²) in [6.45, 7) is 0.953. The number of hydrogen-bond donors (Lipinski definition) is 1. The second-order valence-corrected chi connectivity index (χ2v) is 3.20. The number of phenols is 1. The van der Waals surface area contributed by atoms with E-state index in [1.807, 2.05) is 0 Å². The van der Waals surface area contributed by atoms with Gasteiger partial charge in [0.05, 0.1) is 10.5 Å². The first-order valence-electron chi connectivity index (χ1n) is 4.24. The average molecular weight is 249 g/mol. The molecule has 1 N–H and O–H groups in total. The summed E-state index contributed by atoms with van der Waals surface area (Å²) in [6, 6.07) is 0.593. The van der Waals surface area contributed by atoms with Gasteiger partial charge < -0.3 is 5.11 Å². The smallest absolute Gasteiger partial charge is 0.420 e. The number of carbonyl (C=O) groups is 1. The second-order valence-electron chi connectivity index (χ2n) is 3.20. The van der Waals surface area contributed by atoms with Crippen LogP contribution >= 0.6 is 0 Å². The number of ketones is 1. The highest BCUT2D eigenvalue weighted by Gasteiger charge is 2.37. The predicted molar refractivity (Wildman–Crippen MR) is 49.8 cm³/mol. The van der Waals surface area contributed by atoms with Gasteiger partial charge in [0.25, 0.3) is 5.69 Å². The minimum absolute atomic E-state index is 0.145. The van der Waals surface area contributed by atoms with Crippen molar-refractivity contribution in [1.82, 2.24) is 0 Å². The van der Waals surface area contributed by atoms with Crippen molar-refractivity contribution in [3.63, 3.8) is 0 Å². The van der Waals surface area contributed by atoms with Crippen molar-refractivity contribution >= 4 is 11.5 Å². The molecular weight excluding hydrogens is 243 g/mol. The Morgan fingerprint density at radius 2 is 1.94 bits per heavy atom. The third kappa shape index (κ3) is 2.52. The van der Waals surface area contributed by atoms with Crippen molar-refractivity contribution in [3.8, 4) is 5.75 Å². The first kappa shape index (κ1) is 12.9. The molecule has 0 bridgehead atoms. The SMILES string of the molecule is CC(=O)c1cc(O)c(C(F)(F)F)cc1[N+](=O)[O-]. The van der Waals surface area contributed by atoms with Crippen LogP contribution in [0.1, 0.15) is 22.8 Å². The summed E-state index contributed by atoms with van der Waals surface area (Å²) in [4.78, 5) is 20.4. The minimum atomic E-state index is -4.93. The highest BCUT2D eigenvalue weighted by molar-refractivity contribution is 5.98. The van der Waals surface area contributed by atoms with E-state index in [1.54, 1.807) is 0 Å². The van der Waals surface area contributed by atoms with Crippen LogP contribution in [0.25, 0.3) is 0 Å². The van der Waals surface area contributed by atoms with Gasteiger partial charge in [-0.15, -0.1) is 0 Å². The Labute approximate surface area is 92.6 Å². The fourth-order valence-corrected chi connectivity index (χ4v) is 1.24. The van der Waals surface area contributed by atoms with Crippen LogP contribution in [0.5, 0.6) is 5.75 Å². The summed E-state index contributed by atoms with van der Waals surface area (Å²) >= 11 is 0. The van der Waals surface area contributed by atoms with Crippen LogP contribution in [0.3, 0.4) is 0 Å². The van der Waals surface area contributed by atoms with E-state index in [1.165, 1.54) is 0 Å². The molecule has 0 saturated carbocycles. The molecule has 0 heterocycles. The van der Waals surface area contributed by atoms with Crippen molar-refractivity contribution in [3.05, 3.63) is 33.4 Å². The number of nitro groups is 1. The van der Waals surface area contributed by atoms with Crippen LogP contribution in [0.4, 0.5) is 18.9 Å². The zero-order valence-corrected chi connectivity index (χ0v) is 8.41. The molecule has 8 heteroatoms. The van der Waals surface area contributed by atoms with E-state index < -0.39 is 39.4 Å². The van der Waals surface area contributed by atoms with Gasteiger partial charge in [-0.25, -0.2) is 0 Å². The van der Waals surface area contributed by atoms with Crippen LogP contribution in [0.2, 0.25) is 0 Å². The van der Waals surface area contributed by atoms with Crippen molar-refractivity contribution < 1.29 is 28.0 Å². The van der Waals surface area contributed by atoms with E-state index in [4.69, 9.17) is 5.11 Å². The predicted octanol–water partition coefficient (Wildman–Crippen LogP) is 2.52. The number of alkyl halides is 3. The van der Waals surface area contributed by atoms with E-state index in [9.17, 15) is 28.1 Å². The molecule has 0 saturated heterocycles. The summed E-state index contributed by atoms with van der Waals surface area (Å²) < 4.78 is 37.1. The monoisotopic (exact) mass is 249 g/mol. The number of phenolic OH excluding ortho intramolecular Hbond substituents is 1. The molecule has 5 nitrogen and oxygen atoms in total. The molecule has 0 amide bonds. The van der Waals surface area contributed by atoms with E-state index >= 15 is 0 Å². The van der Waals surface area contributed by atoms with Gasteiger partial charge in [-0.1, -0.05) is 0 Å². The summed E-state index contributed by atoms with van der Waals surface area (Å²) in [6.07, 6.45) is -4.93. The lowest BCUT2D eigenvalue weighted by Crippen LogP contribution is -2.09. The molecular formula is C9H6F3NO4. The van der Waals surface area contributed by atoms with E-state index in [0.717, 1.165) is 6.92 Å². The molecule has 1 rings (SSSR count). The van der Waals surface area contributed by atoms with Crippen LogP contribution < -0.4 is 0 Å². The number of nitro benzene ring substituents is 1. The number of carbonyl (C=O) groups excluding carboxylic acids is 1. The highest BCUT2D eigenvalue weighted by Crippen LogP contribution is 2.39. The normalized spacial score (nSPS) is 11.3. The maximum Gasteiger partial charge on any atom is 0.420 e. The van der Waals surface area contributed by atoms with Crippen molar-refractivity contribution in [2.75, 3.05) is 0 Å². The van der Waals surface area contributed by atoms with Crippen LogP contribution in [0.15, 0.2) is 12.1 Å². The number of aromatic hydroxyl groups is 1. The lowest BCUT2D eigenvalue weighted by Gasteiger charge is -2.09. The molecule has 0 unspecified atom stereocenters. The Bertz CT molecular complexity index is 496. The molecule has 0 spiro atoms. The third-order valence-corrected chi connectivity index (χ3v) is 2.00. The molecule has 0 fully saturated rings. The summed E-state index contributed by atoms with van der Waals surface area (Å²) in [5.74, 6) is -2.02. The van der Waals surface area contributed by atoms with Gasteiger partial charge in [0.1, 0.15) is 11.3 Å². The van der Waals surface area contributed by atoms with Crippen LogP contribution in [0, 0.1) is 10.1 Å². The maximum atomic E-state index is 12.4. The Hall–Kier alpha value is -2.12. The maximum absolute atomic E-state index is 12.4. The zero-order valence-electron chi connectivity index (χ0n) is 8.41. The first-order valence-corrected chi connectivity index (χ1v) is 4.24. The van der Waals surface area contributed by atoms with E-state index in [0.29, 0.717) is 6.07 Å². The van der Waals surface area contributed by atoms with Gasteiger partial charge in [-0.2, -0.15) is 13.2 Å². The number of hydrogen-bond acceptors (Lipinski definition) is 4. The van der Waals surface area contributed by atoms with E-state index in [-0.39, 0.29) is 6.07 Å². The molecule has 1 aromatic carbocycles. The first-order chi connectivity index (χ1) is 7.64. The number of halogens is 3. The van der Waals surface area contributed by atoms with Gasteiger partial charge in [-0.05, 0) is 13.0 Å². The molecule has 92 valence electrons. The fourth-order valence-electron chi connectivity index (χ4n) is 1.24. The Balaban J connectivity index is 3.57. The molecule has 0 atom stereocenters. The Morgan fingerprint density at radius 3 is 2.29 bits per heavy atom. The molecule has 0 aliphatic heterocycles. The standard InChI is InChI=1S/C9H6F3NO4/c1-4(14)5-2-8(15)6(9(10,11)12)3-7(5)13(16)17/h2-3,15H,1H3. The van der Waals surface area contributed by atoms with Gasteiger partial charge in [0, 0.05) is 6.07 Å². The molecule has 0 radical (unpaired) electrons. The molecule has 0 aromatic heterocycles.